The van der Waals surface area contributed by atoms with Crippen molar-refractivity contribution in [3.05, 3.63) is 36.5 Å². The van der Waals surface area contributed by atoms with Crippen molar-refractivity contribution in [1.82, 2.24) is 5.32 Å². The van der Waals surface area contributed by atoms with Gasteiger partial charge in [-0.1, -0.05) is 256 Å². The van der Waals surface area contributed by atoms with Crippen LogP contribution in [0, 0.1) is 0 Å². The minimum absolute atomic E-state index is 0.00234. The second-order valence-electron chi connectivity index (χ2n) is 21.0. The second kappa shape index (κ2) is 49.7. The Bertz CT molecular complexity index is 1190. The van der Waals surface area contributed by atoms with Crippen LogP contribution in [0.2, 0.25) is 0 Å². The topological polar surface area (TPSA) is 108 Å². The molecule has 0 saturated heterocycles. The smallest absolute Gasteiger partial charge is 0.268 e. The highest BCUT2D eigenvalue weighted by atomic mass is 31.2. The number of nitrogens with zero attached hydrogens (tertiary/aromatic N) is 1. The molecule has 0 radical (unpaired) electrons. The monoisotopic (exact) mass is 965 g/mol. The van der Waals surface area contributed by atoms with E-state index in [9.17, 15) is 19.4 Å². The first-order chi connectivity index (χ1) is 32.5. The molecular weight excluding hydrogens is 852 g/mol. The zero-order chi connectivity index (χ0) is 49.2. The highest BCUT2D eigenvalue weighted by Gasteiger charge is 2.23. The van der Waals surface area contributed by atoms with Crippen LogP contribution in [0.1, 0.15) is 277 Å². The maximum absolute atomic E-state index is 13.0. The molecule has 0 fully saturated rings. The SMILES string of the molecule is CCCCCCCCCCC/C=C\C/C=C\CCCCCCCCCC(=O)NC(COP(=O)([O-])OCC[N+](C)(C)C)C(O)/C=C/CCCCCCCCCCCCCCCCCCCCCC. The Balaban J connectivity index is 4.24. The van der Waals surface area contributed by atoms with Crippen LogP contribution in [-0.2, 0) is 18.4 Å². The van der Waals surface area contributed by atoms with Crippen molar-refractivity contribution in [2.24, 2.45) is 0 Å². The first kappa shape index (κ1) is 65.7. The Hall–Kier alpha value is -1.28. The number of phosphoric ester groups is 1. The van der Waals surface area contributed by atoms with E-state index < -0.39 is 20.0 Å². The van der Waals surface area contributed by atoms with Gasteiger partial charge in [-0.05, 0) is 51.4 Å². The van der Waals surface area contributed by atoms with E-state index in [-0.39, 0.29) is 19.1 Å². The third-order valence-electron chi connectivity index (χ3n) is 13.1. The number of rotatable bonds is 53. The van der Waals surface area contributed by atoms with Crippen LogP contribution in [0.5, 0.6) is 0 Å². The average molecular weight is 966 g/mol. The van der Waals surface area contributed by atoms with Crippen molar-refractivity contribution >= 4 is 13.7 Å². The number of phosphoric acid groups is 1. The number of amides is 1. The molecule has 0 aromatic carbocycles. The Morgan fingerprint density at radius 2 is 0.866 bits per heavy atom. The standard InChI is InChI=1S/C58H113N2O6P/c1-6-8-10-12-14-16-18-20-22-24-26-28-30-32-34-36-38-40-42-44-46-48-50-52-58(62)59-56(55-66-67(63,64)65-54-53-60(3,4)5)57(61)51-49-47-45-43-41-39-37-35-33-31-29-27-25-23-21-19-17-15-13-11-9-7-2/h26,28,32,34,49,51,56-57,61H,6-25,27,29-31,33,35-48,50,52-55H2,1-5H3,(H-,59,62,63,64)/b28-26-,34-32-,51-49+. The van der Waals surface area contributed by atoms with Crippen LogP contribution in [0.25, 0.3) is 0 Å². The van der Waals surface area contributed by atoms with Crippen molar-refractivity contribution in [1.29, 1.82) is 0 Å². The van der Waals surface area contributed by atoms with E-state index in [1.54, 1.807) is 6.08 Å². The molecule has 0 aromatic heterocycles. The van der Waals surface area contributed by atoms with Gasteiger partial charge < -0.3 is 28.8 Å². The first-order valence-electron chi connectivity index (χ1n) is 28.9. The Kier molecular flexibility index (Phi) is 48.7. The number of nitrogens with one attached hydrogen (secondary N) is 1. The van der Waals surface area contributed by atoms with Crippen LogP contribution >= 0.6 is 7.82 Å². The van der Waals surface area contributed by atoms with E-state index >= 15 is 0 Å². The quantitative estimate of drug-likeness (QED) is 0.0272. The number of hydrogen-bond donors (Lipinski definition) is 2. The molecule has 3 atom stereocenters. The minimum Gasteiger partial charge on any atom is -0.756 e. The van der Waals surface area contributed by atoms with Gasteiger partial charge in [0.1, 0.15) is 13.2 Å². The fraction of sp³-hybridized carbons (Fsp3) is 0.879. The maximum atomic E-state index is 13.0. The number of hydrogen-bond acceptors (Lipinski definition) is 6. The number of aliphatic hydroxyl groups excluding tert-OH is 1. The molecule has 0 spiro atoms. The van der Waals surface area contributed by atoms with Crippen LogP contribution in [0.15, 0.2) is 36.5 Å². The van der Waals surface area contributed by atoms with Crippen molar-refractivity contribution in [3.63, 3.8) is 0 Å². The number of carbonyl (C=O) groups is 1. The number of allylic oxidation sites excluding steroid dienone is 5. The van der Waals surface area contributed by atoms with Crippen LogP contribution in [-0.4, -0.2) is 68.5 Å². The summed E-state index contributed by atoms with van der Waals surface area (Å²) in [6.45, 7) is 4.68. The largest absolute Gasteiger partial charge is 0.756 e. The summed E-state index contributed by atoms with van der Waals surface area (Å²) in [5.74, 6) is -0.202. The minimum atomic E-state index is -4.60. The molecule has 2 N–H and O–H groups in total. The van der Waals surface area contributed by atoms with Crippen molar-refractivity contribution in [2.45, 2.75) is 289 Å². The third-order valence-corrected chi connectivity index (χ3v) is 14.1. The predicted molar refractivity (Wildman–Crippen MR) is 288 cm³/mol. The van der Waals surface area contributed by atoms with Crippen molar-refractivity contribution < 1.29 is 32.9 Å². The molecule has 0 bridgehead atoms. The number of unbranched alkanes of at least 4 members (excludes halogenated alkanes) is 36. The summed E-state index contributed by atoms with van der Waals surface area (Å²) in [5, 5.41) is 13.9. The molecule has 0 saturated carbocycles. The molecule has 3 unspecified atom stereocenters. The molecule has 67 heavy (non-hydrogen) atoms. The summed E-state index contributed by atoms with van der Waals surface area (Å²) in [4.78, 5) is 25.5. The molecule has 396 valence electrons. The van der Waals surface area contributed by atoms with E-state index in [1.807, 2.05) is 27.2 Å². The highest BCUT2D eigenvalue weighted by Crippen LogP contribution is 2.38. The summed E-state index contributed by atoms with van der Waals surface area (Å²) in [7, 11) is 1.26. The van der Waals surface area contributed by atoms with Gasteiger partial charge in [0.2, 0.25) is 5.91 Å². The van der Waals surface area contributed by atoms with Crippen LogP contribution in [0.3, 0.4) is 0 Å². The van der Waals surface area contributed by atoms with Gasteiger partial charge in [-0.3, -0.25) is 9.36 Å². The summed E-state index contributed by atoms with van der Waals surface area (Å²) >= 11 is 0. The fourth-order valence-corrected chi connectivity index (χ4v) is 9.26. The molecule has 0 aliphatic heterocycles. The molecule has 0 aromatic rings. The third kappa shape index (κ3) is 52.4. The number of quaternary nitrogens is 1. The van der Waals surface area contributed by atoms with Crippen molar-refractivity contribution in [3.8, 4) is 0 Å². The van der Waals surface area contributed by atoms with Crippen LogP contribution in [0.4, 0.5) is 0 Å². The van der Waals surface area contributed by atoms with Gasteiger partial charge in [0.15, 0.2) is 0 Å². The predicted octanol–water partition coefficient (Wildman–Crippen LogP) is 16.7. The lowest BCUT2D eigenvalue weighted by Gasteiger charge is -2.29. The van der Waals surface area contributed by atoms with Gasteiger partial charge in [-0.15, -0.1) is 0 Å². The second-order valence-corrected chi connectivity index (χ2v) is 22.4. The van der Waals surface area contributed by atoms with Gasteiger partial charge in [-0.25, -0.2) is 0 Å². The zero-order valence-corrected chi connectivity index (χ0v) is 46.0. The molecule has 0 rings (SSSR count). The average Bonchev–Trinajstić information content (AvgIpc) is 3.29. The summed E-state index contributed by atoms with van der Waals surface area (Å²) in [6.07, 6.45) is 63.6. The van der Waals surface area contributed by atoms with Gasteiger partial charge in [0, 0.05) is 6.42 Å². The molecule has 1 amide bonds. The Morgan fingerprint density at radius 1 is 0.522 bits per heavy atom. The van der Waals surface area contributed by atoms with E-state index in [1.165, 1.54) is 205 Å². The van der Waals surface area contributed by atoms with E-state index in [0.29, 0.717) is 17.4 Å². The highest BCUT2D eigenvalue weighted by molar-refractivity contribution is 7.45. The first-order valence-corrected chi connectivity index (χ1v) is 30.3. The number of likely N-dealkylation sites (N-methyl/N-ethyl adjacent to an activating group) is 1. The van der Waals surface area contributed by atoms with E-state index in [0.717, 1.165) is 51.4 Å². The molecular formula is C58H113N2O6P. The van der Waals surface area contributed by atoms with Gasteiger partial charge >= 0.3 is 0 Å². The number of aliphatic hydroxyl groups is 1. The van der Waals surface area contributed by atoms with Gasteiger partial charge in [0.05, 0.1) is 39.9 Å². The lowest BCUT2D eigenvalue weighted by atomic mass is 10.0. The Morgan fingerprint density at radius 3 is 1.24 bits per heavy atom. The van der Waals surface area contributed by atoms with E-state index in [2.05, 4.69) is 43.5 Å². The van der Waals surface area contributed by atoms with Crippen LogP contribution < -0.4 is 10.2 Å². The summed E-state index contributed by atoms with van der Waals surface area (Å²) in [5.41, 5.74) is 0. The lowest BCUT2D eigenvalue weighted by molar-refractivity contribution is -0.870. The van der Waals surface area contributed by atoms with Crippen molar-refractivity contribution in [2.75, 3.05) is 40.9 Å². The number of carbonyl (C=O) groups excluding carboxylic acids is 1. The maximum Gasteiger partial charge on any atom is 0.268 e. The molecule has 0 aliphatic carbocycles. The summed E-state index contributed by atoms with van der Waals surface area (Å²) in [6, 6.07) is -0.891. The molecule has 0 aliphatic rings. The van der Waals surface area contributed by atoms with Gasteiger partial charge in [-0.2, -0.15) is 0 Å². The normalized spacial score (nSPS) is 14.2. The molecule has 9 heteroatoms. The lowest BCUT2D eigenvalue weighted by Crippen LogP contribution is -2.45. The fourth-order valence-electron chi connectivity index (χ4n) is 8.54. The molecule has 0 heterocycles. The Labute approximate surface area is 417 Å². The van der Waals surface area contributed by atoms with Gasteiger partial charge in [0.25, 0.3) is 7.82 Å². The summed E-state index contributed by atoms with van der Waals surface area (Å²) < 4.78 is 23.4. The van der Waals surface area contributed by atoms with E-state index in [4.69, 9.17) is 9.05 Å². The molecule has 8 nitrogen and oxygen atoms in total. The zero-order valence-electron chi connectivity index (χ0n) is 45.1.